The average Bonchev–Trinajstić information content (AvgIpc) is 2.71. The average molecular weight is 268 g/mol. The van der Waals surface area contributed by atoms with Crippen molar-refractivity contribution in [2.24, 2.45) is 11.8 Å². The summed E-state index contributed by atoms with van der Waals surface area (Å²) in [4.78, 5) is 22.5. The van der Waals surface area contributed by atoms with E-state index in [1.807, 2.05) is 0 Å². The molecule has 1 aliphatic rings. The van der Waals surface area contributed by atoms with Gasteiger partial charge < -0.3 is 10.0 Å². The Balaban J connectivity index is 2.24. The summed E-state index contributed by atoms with van der Waals surface area (Å²) >= 11 is 0. The van der Waals surface area contributed by atoms with Gasteiger partial charge in [0.2, 0.25) is 0 Å². The molecule has 1 aromatic rings. The first-order valence-electron chi connectivity index (χ1n) is 5.82. The van der Waals surface area contributed by atoms with Crippen LogP contribution in [0.4, 0.5) is 15.8 Å². The number of hydrogen-bond donors (Lipinski definition) is 1. The van der Waals surface area contributed by atoms with Crippen LogP contribution in [0.5, 0.6) is 0 Å². The van der Waals surface area contributed by atoms with Gasteiger partial charge in [0, 0.05) is 19.2 Å². The summed E-state index contributed by atoms with van der Waals surface area (Å²) in [6.45, 7) is 2.43. The van der Waals surface area contributed by atoms with Gasteiger partial charge in [-0.05, 0) is 12.0 Å². The number of carboxylic acid groups (broad SMARTS) is 1. The summed E-state index contributed by atoms with van der Waals surface area (Å²) < 4.78 is 13.8. The highest BCUT2D eigenvalue weighted by Gasteiger charge is 2.35. The standard InChI is InChI=1S/C12H13FN2O4/c1-7-5-14(6-9(7)12(16)17)11-3-2-8(15(18)19)4-10(11)13/h2-4,7,9H,5-6H2,1H3,(H,16,17). The number of hydrogen-bond acceptors (Lipinski definition) is 4. The predicted octanol–water partition coefficient (Wildman–Crippen LogP) is 1.89. The second-order valence-corrected chi connectivity index (χ2v) is 4.72. The van der Waals surface area contributed by atoms with Crippen LogP contribution in [-0.2, 0) is 4.79 Å². The molecule has 2 unspecified atom stereocenters. The Bertz CT molecular complexity index is 534. The maximum atomic E-state index is 13.8. The molecule has 0 bridgehead atoms. The van der Waals surface area contributed by atoms with Crippen LogP contribution >= 0.6 is 0 Å². The molecular weight excluding hydrogens is 255 g/mol. The van der Waals surface area contributed by atoms with Crippen LogP contribution in [0, 0.1) is 27.8 Å². The van der Waals surface area contributed by atoms with Crippen molar-refractivity contribution in [2.45, 2.75) is 6.92 Å². The summed E-state index contributed by atoms with van der Waals surface area (Å²) in [6.07, 6.45) is 0. The minimum atomic E-state index is -0.905. The lowest BCUT2D eigenvalue weighted by Crippen LogP contribution is -2.23. The van der Waals surface area contributed by atoms with Crippen LogP contribution in [0.25, 0.3) is 0 Å². The number of anilines is 1. The molecular formula is C12H13FN2O4. The second kappa shape index (κ2) is 4.83. The van der Waals surface area contributed by atoms with Crippen molar-refractivity contribution in [2.75, 3.05) is 18.0 Å². The summed E-state index contributed by atoms with van der Waals surface area (Å²) in [5.41, 5.74) is -0.107. The number of nitro benzene ring substituents is 1. The van der Waals surface area contributed by atoms with E-state index >= 15 is 0 Å². The minimum Gasteiger partial charge on any atom is -0.481 e. The van der Waals surface area contributed by atoms with Crippen LogP contribution < -0.4 is 4.90 Å². The van der Waals surface area contributed by atoms with E-state index in [4.69, 9.17) is 5.11 Å². The zero-order chi connectivity index (χ0) is 14.2. The highest BCUT2D eigenvalue weighted by atomic mass is 19.1. The zero-order valence-corrected chi connectivity index (χ0v) is 10.2. The quantitative estimate of drug-likeness (QED) is 0.668. The van der Waals surface area contributed by atoms with E-state index in [9.17, 15) is 19.3 Å². The fourth-order valence-corrected chi connectivity index (χ4v) is 2.35. The molecule has 102 valence electrons. The van der Waals surface area contributed by atoms with Crippen LogP contribution in [0.3, 0.4) is 0 Å². The number of nitrogens with zero attached hydrogens (tertiary/aromatic N) is 2. The molecule has 0 radical (unpaired) electrons. The monoisotopic (exact) mass is 268 g/mol. The Morgan fingerprint density at radius 2 is 2.21 bits per heavy atom. The van der Waals surface area contributed by atoms with Gasteiger partial charge in [0.15, 0.2) is 5.82 Å². The molecule has 0 aliphatic carbocycles. The first-order valence-corrected chi connectivity index (χ1v) is 5.82. The van der Waals surface area contributed by atoms with Crippen molar-refractivity contribution >= 4 is 17.3 Å². The highest BCUT2D eigenvalue weighted by Crippen LogP contribution is 2.31. The lowest BCUT2D eigenvalue weighted by Gasteiger charge is -2.18. The Kier molecular flexibility index (Phi) is 3.37. The van der Waals surface area contributed by atoms with Crippen molar-refractivity contribution in [3.05, 3.63) is 34.1 Å². The number of halogens is 1. The van der Waals surface area contributed by atoms with Crippen molar-refractivity contribution in [1.82, 2.24) is 0 Å². The molecule has 1 heterocycles. The van der Waals surface area contributed by atoms with Gasteiger partial charge in [-0.2, -0.15) is 0 Å². The van der Waals surface area contributed by atoms with E-state index in [1.54, 1.807) is 11.8 Å². The fourth-order valence-electron chi connectivity index (χ4n) is 2.35. The number of rotatable bonds is 3. The molecule has 1 saturated heterocycles. The van der Waals surface area contributed by atoms with Gasteiger partial charge >= 0.3 is 5.97 Å². The van der Waals surface area contributed by atoms with Crippen LogP contribution in [-0.4, -0.2) is 29.1 Å². The Labute approximate surface area is 108 Å². The molecule has 1 N–H and O–H groups in total. The van der Waals surface area contributed by atoms with Gasteiger partial charge in [-0.3, -0.25) is 14.9 Å². The number of carboxylic acids is 1. The Hall–Kier alpha value is -2.18. The van der Waals surface area contributed by atoms with E-state index in [1.165, 1.54) is 12.1 Å². The van der Waals surface area contributed by atoms with Gasteiger partial charge in [-0.1, -0.05) is 6.92 Å². The maximum absolute atomic E-state index is 13.8. The van der Waals surface area contributed by atoms with E-state index in [2.05, 4.69) is 0 Å². The van der Waals surface area contributed by atoms with Gasteiger partial charge in [0.1, 0.15) is 0 Å². The third-order valence-corrected chi connectivity index (χ3v) is 3.41. The highest BCUT2D eigenvalue weighted by molar-refractivity contribution is 5.72. The molecule has 2 rings (SSSR count). The SMILES string of the molecule is CC1CN(c2ccc([N+](=O)[O-])cc2F)CC1C(=O)O. The molecule has 0 amide bonds. The molecule has 0 aromatic heterocycles. The van der Waals surface area contributed by atoms with Gasteiger partial charge in [-0.25, -0.2) is 4.39 Å². The van der Waals surface area contributed by atoms with Gasteiger partial charge in [0.25, 0.3) is 5.69 Å². The molecule has 1 fully saturated rings. The fraction of sp³-hybridized carbons (Fsp3) is 0.417. The zero-order valence-electron chi connectivity index (χ0n) is 10.2. The molecule has 1 aliphatic heterocycles. The van der Waals surface area contributed by atoms with Crippen LogP contribution in [0.15, 0.2) is 18.2 Å². The summed E-state index contributed by atoms with van der Waals surface area (Å²) in [5, 5.41) is 19.6. The first kappa shape index (κ1) is 13.3. The predicted molar refractivity (Wildman–Crippen MR) is 65.6 cm³/mol. The van der Waals surface area contributed by atoms with E-state index < -0.39 is 22.6 Å². The summed E-state index contributed by atoms with van der Waals surface area (Å²) in [6, 6.07) is 3.40. The maximum Gasteiger partial charge on any atom is 0.308 e. The molecule has 19 heavy (non-hydrogen) atoms. The minimum absolute atomic E-state index is 0.0907. The molecule has 2 atom stereocenters. The van der Waals surface area contributed by atoms with Crippen LogP contribution in [0.1, 0.15) is 6.92 Å². The smallest absolute Gasteiger partial charge is 0.308 e. The lowest BCUT2D eigenvalue weighted by atomic mass is 9.99. The van der Waals surface area contributed by atoms with E-state index in [0.29, 0.717) is 6.54 Å². The third-order valence-electron chi connectivity index (χ3n) is 3.41. The van der Waals surface area contributed by atoms with Crippen molar-refractivity contribution < 1.29 is 19.2 Å². The van der Waals surface area contributed by atoms with Crippen molar-refractivity contribution in [1.29, 1.82) is 0 Å². The first-order chi connectivity index (χ1) is 8.90. The number of aliphatic carboxylic acids is 1. The number of non-ortho nitro benzene ring substituents is 1. The van der Waals surface area contributed by atoms with Gasteiger partial charge in [0.05, 0.1) is 22.6 Å². The molecule has 0 spiro atoms. The van der Waals surface area contributed by atoms with E-state index in [0.717, 1.165) is 6.07 Å². The largest absolute Gasteiger partial charge is 0.481 e. The van der Waals surface area contributed by atoms with Crippen molar-refractivity contribution in [3.8, 4) is 0 Å². The summed E-state index contributed by atoms with van der Waals surface area (Å²) in [5.74, 6) is -2.24. The number of nitro groups is 1. The topological polar surface area (TPSA) is 83.7 Å². The molecule has 0 saturated carbocycles. The van der Waals surface area contributed by atoms with Crippen molar-refractivity contribution in [3.63, 3.8) is 0 Å². The number of benzene rings is 1. The number of carbonyl (C=O) groups is 1. The summed E-state index contributed by atoms with van der Waals surface area (Å²) in [7, 11) is 0. The second-order valence-electron chi connectivity index (χ2n) is 4.72. The molecule has 1 aromatic carbocycles. The van der Waals surface area contributed by atoms with E-state index in [-0.39, 0.29) is 23.8 Å². The third kappa shape index (κ3) is 2.49. The van der Waals surface area contributed by atoms with Crippen LogP contribution in [0.2, 0.25) is 0 Å². The Morgan fingerprint density at radius 3 is 2.68 bits per heavy atom. The van der Waals surface area contributed by atoms with Gasteiger partial charge in [-0.15, -0.1) is 0 Å². The molecule has 7 heteroatoms. The molecule has 6 nitrogen and oxygen atoms in total. The Morgan fingerprint density at radius 1 is 1.53 bits per heavy atom. The lowest BCUT2D eigenvalue weighted by molar-refractivity contribution is -0.385. The normalized spacial score (nSPS) is 22.5.